The SMILES string of the molecule is C=CN=C1CCC(O)/C1=C/C.CC. The molecule has 0 aromatic heterocycles. The molecule has 2 heteroatoms. The molecule has 2 nitrogen and oxygen atoms in total. The van der Waals surface area contributed by atoms with Crippen LogP contribution in [0.25, 0.3) is 0 Å². The number of rotatable bonds is 1. The highest BCUT2D eigenvalue weighted by Gasteiger charge is 2.23. The smallest absolute Gasteiger partial charge is 0.0808 e. The lowest BCUT2D eigenvalue weighted by molar-refractivity contribution is 0.218. The molecule has 13 heavy (non-hydrogen) atoms. The molecule has 0 aromatic carbocycles. The highest BCUT2D eigenvalue weighted by molar-refractivity contribution is 6.03. The van der Waals surface area contributed by atoms with Gasteiger partial charge < -0.3 is 5.11 Å². The topological polar surface area (TPSA) is 32.6 Å². The predicted octanol–water partition coefficient (Wildman–Crippen LogP) is 2.70. The van der Waals surface area contributed by atoms with Crippen LogP contribution < -0.4 is 0 Å². The zero-order valence-electron chi connectivity index (χ0n) is 8.75. The van der Waals surface area contributed by atoms with E-state index in [0.717, 1.165) is 24.1 Å². The summed E-state index contributed by atoms with van der Waals surface area (Å²) in [6.45, 7) is 9.44. The third-order valence-corrected chi connectivity index (χ3v) is 1.90. The standard InChI is InChI=1S/C9H13NO.C2H6/c1-3-7-8(10-4-2)5-6-9(7)11;1-2/h3-4,9,11H,2,5-6H2,1H3;1-2H3/b7-3+,10-8?;. The van der Waals surface area contributed by atoms with E-state index in [9.17, 15) is 5.11 Å². The molecule has 0 amide bonds. The van der Waals surface area contributed by atoms with Gasteiger partial charge in [0.15, 0.2) is 0 Å². The fraction of sp³-hybridized carbons (Fsp3) is 0.545. The maximum atomic E-state index is 9.40. The van der Waals surface area contributed by atoms with Crippen molar-refractivity contribution in [3.63, 3.8) is 0 Å². The van der Waals surface area contributed by atoms with E-state index in [1.807, 2.05) is 26.8 Å². The van der Waals surface area contributed by atoms with E-state index >= 15 is 0 Å². The van der Waals surface area contributed by atoms with Crippen LogP contribution in [0.2, 0.25) is 0 Å². The molecule has 0 bridgehead atoms. The minimum Gasteiger partial charge on any atom is -0.388 e. The summed E-state index contributed by atoms with van der Waals surface area (Å²) in [7, 11) is 0. The summed E-state index contributed by atoms with van der Waals surface area (Å²) in [5.74, 6) is 0. The molecule has 1 aliphatic rings. The summed E-state index contributed by atoms with van der Waals surface area (Å²) in [5, 5.41) is 9.40. The molecule has 0 aliphatic heterocycles. The third-order valence-electron chi connectivity index (χ3n) is 1.90. The monoisotopic (exact) mass is 181 g/mol. The Labute approximate surface area is 80.7 Å². The average molecular weight is 181 g/mol. The van der Waals surface area contributed by atoms with Gasteiger partial charge in [0.2, 0.25) is 0 Å². The van der Waals surface area contributed by atoms with E-state index in [4.69, 9.17) is 0 Å². The van der Waals surface area contributed by atoms with Crippen LogP contribution in [-0.2, 0) is 0 Å². The van der Waals surface area contributed by atoms with Crippen molar-refractivity contribution in [2.75, 3.05) is 0 Å². The van der Waals surface area contributed by atoms with E-state index in [-0.39, 0.29) is 6.10 Å². The zero-order chi connectivity index (χ0) is 10.3. The molecule has 1 N–H and O–H groups in total. The highest BCUT2D eigenvalue weighted by atomic mass is 16.3. The molecule has 0 aromatic rings. The first-order valence-electron chi connectivity index (χ1n) is 4.81. The van der Waals surface area contributed by atoms with Gasteiger partial charge in [0.25, 0.3) is 0 Å². The number of nitrogens with zero attached hydrogens (tertiary/aromatic N) is 1. The first-order chi connectivity index (χ1) is 6.29. The number of allylic oxidation sites excluding steroid dienone is 1. The quantitative estimate of drug-likeness (QED) is 0.662. The second kappa shape index (κ2) is 6.61. The normalized spacial score (nSPS) is 27.2. The first kappa shape index (κ1) is 12.1. The fourth-order valence-electron chi connectivity index (χ4n) is 1.37. The Morgan fingerprint density at radius 2 is 2.15 bits per heavy atom. The van der Waals surface area contributed by atoms with E-state index in [1.54, 1.807) is 0 Å². The molecule has 1 rings (SSSR count). The molecule has 74 valence electrons. The second-order valence-corrected chi connectivity index (χ2v) is 2.56. The van der Waals surface area contributed by atoms with Crippen LogP contribution in [0.3, 0.4) is 0 Å². The first-order valence-corrected chi connectivity index (χ1v) is 4.81. The van der Waals surface area contributed by atoms with Crippen molar-refractivity contribution >= 4 is 5.71 Å². The Balaban J connectivity index is 0.000000671. The van der Waals surface area contributed by atoms with Crippen LogP contribution in [0.15, 0.2) is 29.4 Å². The Morgan fingerprint density at radius 1 is 1.54 bits per heavy atom. The van der Waals surface area contributed by atoms with Crippen LogP contribution in [0.1, 0.15) is 33.6 Å². The van der Waals surface area contributed by atoms with Gasteiger partial charge in [0.1, 0.15) is 0 Å². The number of aliphatic hydroxyl groups excluding tert-OH is 1. The lowest BCUT2D eigenvalue weighted by Gasteiger charge is -2.01. The molecule has 0 spiro atoms. The summed E-state index contributed by atoms with van der Waals surface area (Å²) in [6.07, 6.45) is 4.80. The average Bonchev–Trinajstić information content (AvgIpc) is 2.51. The highest BCUT2D eigenvalue weighted by Crippen LogP contribution is 2.22. The van der Waals surface area contributed by atoms with Gasteiger partial charge in [-0.05, 0) is 25.3 Å². The van der Waals surface area contributed by atoms with Gasteiger partial charge in [-0.15, -0.1) is 0 Å². The Kier molecular flexibility index (Phi) is 6.15. The van der Waals surface area contributed by atoms with Gasteiger partial charge in [-0.25, -0.2) is 0 Å². The van der Waals surface area contributed by atoms with Gasteiger partial charge in [-0.1, -0.05) is 26.5 Å². The number of aliphatic hydroxyl groups is 1. The predicted molar refractivity (Wildman–Crippen MR) is 58.0 cm³/mol. The van der Waals surface area contributed by atoms with Crippen molar-refractivity contribution in [2.24, 2.45) is 4.99 Å². The molecule has 1 fully saturated rings. The number of aliphatic imine (C=N–C) groups is 1. The molecule has 1 unspecified atom stereocenters. The largest absolute Gasteiger partial charge is 0.388 e. The minimum atomic E-state index is -0.307. The van der Waals surface area contributed by atoms with Crippen LogP contribution >= 0.6 is 0 Å². The number of hydrogen-bond donors (Lipinski definition) is 1. The lowest BCUT2D eigenvalue weighted by atomic mass is 10.2. The van der Waals surface area contributed by atoms with Crippen molar-refractivity contribution < 1.29 is 5.11 Å². The molecule has 0 radical (unpaired) electrons. The van der Waals surface area contributed by atoms with E-state index in [1.165, 1.54) is 6.20 Å². The van der Waals surface area contributed by atoms with Crippen LogP contribution in [0, 0.1) is 0 Å². The molecule has 1 aliphatic carbocycles. The maximum absolute atomic E-state index is 9.40. The van der Waals surface area contributed by atoms with Crippen molar-refractivity contribution in [1.29, 1.82) is 0 Å². The summed E-state index contributed by atoms with van der Waals surface area (Å²) in [6, 6.07) is 0. The van der Waals surface area contributed by atoms with Crippen molar-refractivity contribution in [1.82, 2.24) is 0 Å². The van der Waals surface area contributed by atoms with Gasteiger partial charge >= 0.3 is 0 Å². The van der Waals surface area contributed by atoms with Gasteiger partial charge in [-0.3, -0.25) is 4.99 Å². The van der Waals surface area contributed by atoms with Gasteiger partial charge in [0.05, 0.1) is 6.10 Å². The summed E-state index contributed by atoms with van der Waals surface area (Å²) in [5.41, 5.74) is 1.94. The molecular formula is C11H19NO. The van der Waals surface area contributed by atoms with E-state index in [0.29, 0.717) is 0 Å². The molecule has 0 saturated heterocycles. The number of hydrogen-bond acceptors (Lipinski definition) is 2. The maximum Gasteiger partial charge on any atom is 0.0808 e. The molecule has 1 saturated carbocycles. The Bertz CT molecular complexity index is 216. The van der Waals surface area contributed by atoms with E-state index in [2.05, 4.69) is 11.6 Å². The van der Waals surface area contributed by atoms with Crippen LogP contribution in [0.4, 0.5) is 0 Å². The van der Waals surface area contributed by atoms with Crippen molar-refractivity contribution in [3.05, 3.63) is 24.4 Å². The fourth-order valence-corrected chi connectivity index (χ4v) is 1.37. The van der Waals surface area contributed by atoms with Crippen LogP contribution in [-0.4, -0.2) is 16.9 Å². The summed E-state index contributed by atoms with van der Waals surface area (Å²) < 4.78 is 0. The van der Waals surface area contributed by atoms with Gasteiger partial charge in [-0.2, -0.15) is 0 Å². The van der Waals surface area contributed by atoms with Crippen molar-refractivity contribution in [3.8, 4) is 0 Å². The second-order valence-electron chi connectivity index (χ2n) is 2.56. The molecule has 0 heterocycles. The van der Waals surface area contributed by atoms with Gasteiger partial charge in [0, 0.05) is 11.9 Å². The molecule has 1 atom stereocenters. The Hall–Kier alpha value is -0.890. The summed E-state index contributed by atoms with van der Waals surface area (Å²) >= 11 is 0. The zero-order valence-corrected chi connectivity index (χ0v) is 8.75. The van der Waals surface area contributed by atoms with Crippen LogP contribution in [0.5, 0.6) is 0 Å². The Morgan fingerprint density at radius 3 is 2.62 bits per heavy atom. The van der Waals surface area contributed by atoms with E-state index < -0.39 is 0 Å². The summed E-state index contributed by atoms with van der Waals surface area (Å²) in [4.78, 5) is 4.08. The minimum absolute atomic E-state index is 0.307. The molecular weight excluding hydrogens is 162 g/mol. The third kappa shape index (κ3) is 3.15. The lowest BCUT2D eigenvalue weighted by Crippen LogP contribution is -2.05. The van der Waals surface area contributed by atoms with Crippen molar-refractivity contribution in [2.45, 2.75) is 39.7 Å².